The summed E-state index contributed by atoms with van der Waals surface area (Å²) < 4.78 is 58.7. The molecule has 0 saturated carbocycles. The van der Waals surface area contributed by atoms with Crippen LogP contribution in [0.4, 0.5) is 35.0 Å². The second kappa shape index (κ2) is 11.2. The third-order valence-corrected chi connectivity index (χ3v) is 5.85. The van der Waals surface area contributed by atoms with Crippen LogP contribution in [0.1, 0.15) is 27.0 Å². The number of ether oxygens (including phenoxy) is 1. The fourth-order valence-electron chi connectivity index (χ4n) is 3.75. The van der Waals surface area contributed by atoms with Gasteiger partial charge in [-0.15, -0.1) is 0 Å². The Morgan fingerprint density at radius 2 is 2.00 bits per heavy atom. The SMILES string of the molecule is Cc1cc(Cl)c(O)c(/C=N\Nc2ncc(F)c(N3CCOCC3)n2)c1C(=O)Nc1cccc(C(F)(F)F)c1. The van der Waals surface area contributed by atoms with E-state index in [1.54, 1.807) is 4.90 Å². The first-order chi connectivity index (χ1) is 18.0. The predicted octanol–water partition coefficient (Wildman–Crippen LogP) is 4.84. The Hall–Kier alpha value is -3.97. The molecule has 3 aromatic rings. The van der Waals surface area contributed by atoms with Crippen LogP contribution in [-0.4, -0.2) is 53.5 Å². The number of hydrazone groups is 1. The maximum Gasteiger partial charge on any atom is 0.416 e. The van der Waals surface area contributed by atoms with E-state index in [1.165, 1.54) is 19.1 Å². The van der Waals surface area contributed by atoms with E-state index < -0.39 is 29.2 Å². The number of hydrogen-bond donors (Lipinski definition) is 3. The van der Waals surface area contributed by atoms with Crippen molar-refractivity contribution in [3.63, 3.8) is 0 Å². The molecule has 38 heavy (non-hydrogen) atoms. The Morgan fingerprint density at radius 3 is 2.71 bits per heavy atom. The van der Waals surface area contributed by atoms with E-state index in [2.05, 4.69) is 25.8 Å². The van der Waals surface area contributed by atoms with Crippen LogP contribution in [0.2, 0.25) is 5.02 Å². The van der Waals surface area contributed by atoms with Gasteiger partial charge in [0.2, 0.25) is 5.95 Å². The van der Waals surface area contributed by atoms with Crippen LogP contribution in [0, 0.1) is 12.7 Å². The average Bonchev–Trinajstić information content (AvgIpc) is 2.88. The number of anilines is 3. The van der Waals surface area contributed by atoms with Crippen LogP contribution in [0.25, 0.3) is 0 Å². The van der Waals surface area contributed by atoms with Crippen molar-refractivity contribution in [3.8, 4) is 5.75 Å². The zero-order valence-electron chi connectivity index (χ0n) is 19.8. The largest absolute Gasteiger partial charge is 0.506 e. The van der Waals surface area contributed by atoms with Crippen molar-refractivity contribution in [1.82, 2.24) is 9.97 Å². The van der Waals surface area contributed by atoms with Gasteiger partial charge in [0, 0.05) is 18.8 Å². The fraction of sp³-hybridized carbons (Fsp3) is 0.250. The van der Waals surface area contributed by atoms with Crippen LogP contribution < -0.4 is 15.6 Å². The van der Waals surface area contributed by atoms with Gasteiger partial charge >= 0.3 is 6.18 Å². The first-order valence-electron chi connectivity index (χ1n) is 11.2. The predicted molar refractivity (Wildman–Crippen MR) is 133 cm³/mol. The van der Waals surface area contributed by atoms with Gasteiger partial charge in [-0.2, -0.15) is 23.3 Å². The second-order valence-corrected chi connectivity index (χ2v) is 8.59. The van der Waals surface area contributed by atoms with E-state index in [-0.39, 0.29) is 33.6 Å². The molecule has 0 atom stereocenters. The number of aromatic nitrogens is 2. The molecule has 1 amide bonds. The number of alkyl halides is 3. The molecule has 200 valence electrons. The molecule has 1 aliphatic heterocycles. The molecule has 2 aromatic carbocycles. The molecule has 1 aromatic heterocycles. The van der Waals surface area contributed by atoms with Gasteiger partial charge in [-0.25, -0.2) is 14.8 Å². The number of aromatic hydroxyl groups is 1. The lowest BCUT2D eigenvalue weighted by Crippen LogP contribution is -2.37. The Kier molecular flexibility index (Phi) is 7.97. The van der Waals surface area contributed by atoms with E-state index in [1.807, 2.05) is 0 Å². The summed E-state index contributed by atoms with van der Waals surface area (Å²) in [4.78, 5) is 22.7. The molecule has 1 saturated heterocycles. The van der Waals surface area contributed by atoms with Gasteiger partial charge in [-0.3, -0.25) is 4.79 Å². The first-order valence-corrected chi connectivity index (χ1v) is 11.6. The lowest BCUT2D eigenvalue weighted by Gasteiger charge is -2.27. The zero-order valence-corrected chi connectivity index (χ0v) is 20.6. The molecule has 0 unspecified atom stereocenters. The van der Waals surface area contributed by atoms with Gasteiger partial charge < -0.3 is 20.1 Å². The van der Waals surface area contributed by atoms with Crippen LogP contribution in [0.15, 0.2) is 41.6 Å². The van der Waals surface area contributed by atoms with Gasteiger partial charge in [0.15, 0.2) is 11.6 Å². The van der Waals surface area contributed by atoms with Crippen molar-refractivity contribution in [2.24, 2.45) is 5.10 Å². The molecule has 0 radical (unpaired) electrons. The van der Waals surface area contributed by atoms with Gasteiger partial charge in [0.05, 0.1) is 47.3 Å². The number of carbonyl (C=O) groups excluding carboxylic acids is 1. The Morgan fingerprint density at radius 1 is 1.26 bits per heavy atom. The number of phenolic OH excluding ortho intramolecular Hbond substituents is 1. The number of morpholine rings is 1. The summed E-state index contributed by atoms with van der Waals surface area (Å²) in [6.07, 6.45) is -2.54. The summed E-state index contributed by atoms with van der Waals surface area (Å²) in [6.45, 7) is 3.26. The Labute approximate surface area is 219 Å². The summed E-state index contributed by atoms with van der Waals surface area (Å²) in [7, 11) is 0. The highest BCUT2D eigenvalue weighted by molar-refractivity contribution is 6.33. The maximum absolute atomic E-state index is 14.3. The molecular weight excluding hydrogens is 532 g/mol. The van der Waals surface area contributed by atoms with Crippen molar-refractivity contribution < 1.29 is 32.2 Å². The Bertz CT molecular complexity index is 1380. The minimum atomic E-state index is -4.59. The number of nitrogens with zero attached hydrogens (tertiary/aromatic N) is 4. The average molecular weight is 553 g/mol. The molecule has 2 heterocycles. The zero-order chi connectivity index (χ0) is 27.4. The summed E-state index contributed by atoms with van der Waals surface area (Å²) in [5.74, 6) is -1.91. The minimum Gasteiger partial charge on any atom is -0.506 e. The highest BCUT2D eigenvalue weighted by atomic mass is 35.5. The normalized spacial score (nSPS) is 14.1. The molecule has 4 rings (SSSR count). The molecule has 14 heteroatoms. The highest BCUT2D eigenvalue weighted by Gasteiger charge is 2.30. The summed E-state index contributed by atoms with van der Waals surface area (Å²) in [6, 6.07) is 5.45. The highest BCUT2D eigenvalue weighted by Crippen LogP contribution is 2.33. The maximum atomic E-state index is 14.3. The quantitative estimate of drug-likeness (QED) is 0.228. The standard InChI is InChI=1S/C24H21ClF4N6O3/c1-13-9-17(25)20(36)16(19(13)22(37)32-15-4-2-3-14(10-15)24(27,28)29)11-31-34-23-30-12-18(26)21(33-23)35-5-7-38-8-6-35/h2-4,9-12,36H,5-8H2,1H3,(H,32,37)(H,30,33,34)/b31-11-. The van der Waals surface area contributed by atoms with Gasteiger partial charge in [-0.1, -0.05) is 17.7 Å². The van der Waals surface area contributed by atoms with Crippen molar-refractivity contribution in [1.29, 1.82) is 0 Å². The lowest BCUT2D eigenvalue weighted by atomic mass is 10.0. The lowest BCUT2D eigenvalue weighted by molar-refractivity contribution is -0.137. The van der Waals surface area contributed by atoms with Crippen LogP contribution in [0.5, 0.6) is 5.75 Å². The second-order valence-electron chi connectivity index (χ2n) is 8.18. The van der Waals surface area contributed by atoms with Crippen molar-refractivity contribution in [2.45, 2.75) is 13.1 Å². The van der Waals surface area contributed by atoms with E-state index in [0.29, 0.717) is 31.9 Å². The number of halogens is 5. The molecule has 3 N–H and O–H groups in total. The molecule has 0 spiro atoms. The third-order valence-electron chi connectivity index (χ3n) is 5.56. The number of aryl methyl sites for hydroxylation is 1. The number of phenols is 1. The van der Waals surface area contributed by atoms with E-state index in [0.717, 1.165) is 30.6 Å². The molecule has 1 fully saturated rings. The number of rotatable bonds is 6. The molecule has 9 nitrogen and oxygen atoms in total. The minimum absolute atomic E-state index is 0.0580. The molecular formula is C24H21ClF4N6O3. The Balaban J connectivity index is 1.59. The topological polar surface area (TPSA) is 112 Å². The number of hydrogen-bond acceptors (Lipinski definition) is 8. The summed E-state index contributed by atoms with van der Waals surface area (Å²) in [5.41, 5.74) is 1.62. The third kappa shape index (κ3) is 6.11. The molecule has 0 bridgehead atoms. The van der Waals surface area contributed by atoms with Crippen LogP contribution in [0.3, 0.4) is 0 Å². The van der Waals surface area contributed by atoms with Crippen molar-refractivity contribution in [3.05, 3.63) is 69.6 Å². The van der Waals surface area contributed by atoms with Gasteiger partial charge in [-0.05, 0) is 36.8 Å². The molecule has 0 aliphatic carbocycles. The molecule has 1 aliphatic rings. The number of benzene rings is 2. The van der Waals surface area contributed by atoms with Gasteiger partial charge in [0.1, 0.15) is 5.75 Å². The van der Waals surface area contributed by atoms with Crippen LogP contribution >= 0.6 is 11.6 Å². The van der Waals surface area contributed by atoms with E-state index in [4.69, 9.17) is 16.3 Å². The number of amides is 1. The van der Waals surface area contributed by atoms with Crippen molar-refractivity contribution >= 4 is 41.2 Å². The first kappa shape index (κ1) is 27.1. The number of carbonyl (C=O) groups is 1. The fourth-order valence-corrected chi connectivity index (χ4v) is 4.01. The van der Waals surface area contributed by atoms with E-state index >= 15 is 0 Å². The van der Waals surface area contributed by atoms with Gasteiger partial charge in [0.25, 0.3) is 5.91 Å². The van der Waals surface area contributed by atoms with Crippen LogP contribution in [-0.2, 0) is 10.9 Å². The summed E-state index contributed by atoms with van der Waals surface area (Å²) >= 11 is 6.08. The monoisotopic (exact) mass is 552 g/mol. The smallest absolute Gasteiger partial charge is 0.416 e. The number of nitrogens with one attached hydrogen (secondary N) is 2. The van der Waals surface area contributed by atoms with E-state index in [9.17, 15) is 27.5 Å². The van der Waals surface area contributed by atoms with Crippen molar-refractivity contribution in [2.75, 3.05) is 41.9 Å². The summed E-state index contributed by atoms with van der Waals surface area (Å²) in [5, 5.41) is 16.8.